The summed E-state index contributed by atoms with van der Waals surface area (Å²) >= 11 is 0. The van der Waals surface area contributed by atoms with E-state index in [1.165, 1.54) is 0 Å². The van der Waals surface area contributed by atoms with Gasteiger partial charge in [0.1, 0.15) is 0 Å². The van der Waals surface area contributed by atoms with E-state index in [4.69, 9.17) is 0 Å². The molecule has 1 aliphatic rings. The Bertz CT molecular complexity index is 431. The van der Waals surface area contributed by atoms with Gasteiger partial charge in [0, 0.05) is 25.3 Å². The highest BCUT2D eigenvalue weighted by Crippen LogP contribution is 2.22. The van der Waals surface area contributed by atoms with Crippen LogP contribution in [0.3, 0.4) is 0 Å². The van der Waals surface area contributed by atoms with Crippen LogP contribution in [0.15, 0.2) is 30.3 Å². The standard InChI is InChI=1S/C15H22N2O2/c1-15(2,11-17-9-8-13(18)10-17)14(19)16-12-6-4-3-5-7-12/h3-7,13,18H,8-11H2,1-2H3,(H,16,19)/t13-/m1/s1. The fraction of sp³-hybridized carbons (Fsp3) is 0.533. The molecule has 1 aliphatic heterocycles. The summed E-state index contributed by atoms with van der Waals surface area (Å²) in [5, 5.41) is 12.5. The van der Waals surface area contributed by atoms with Gasteiger partial charge in [0.2, 0.25) is 5.91 Å². The van der Waals surface area contributed by atoms with Crippen molar-refractivity contribution in [1.29, 1.82) is 0 Å². The van der Waals surface area contributed by atoms with E-state index in [1.807, 2.05) is 44.2 Å². The molecule has 0 saturated carbocycles. The van der Waals surface area contributed by atoms with Crippen LogP contribution < -0.4 is 5.32 Å². The van der Waals surface area contributed by atoms with E-state index in [1.54, 1.807) is 0 Å². The van der Waals surface area contributed by atoms with Crippen LogP contribution in [0.1, 0.15) is 20.3 Å². The Morgan fingerprint density at radius 2 is 2.11 bits per heavy atom. The van der Waals surface area contributed by atoms with Gasteiger partial charge in [-0.25, -0.2) is 0 Å². The van der Waals surface area contributed by atoms with Crippen molar-refractivity contribution in [2.24, 2.45) is 5.41 Å². The monoisotopic (exact) mass is 262 g/mol. The van der Waals surface area contributed by atoms with E-state index < -0.39 is 5.41 Å². The number of hydrogen-bond donors (Lipinski definition) is 2. The maximum absolute atomic E-state index is 12.3. The third-order valence-electron chi connectivity index (χ3n) is 3.51. The minimum Gasteiger partial charge on any atom is -0.392 e. The molecule has 4 nitrogen and oxygen atoms in total. The molecule has 4 heteroatoms. The first-order chi connectivity index (χ1) is 8.97. The Kier molecular flexibility index (Phi) is 4.22. The molecule has 1 aromatic carbocycles. The molecule has 2 rings (SSSR count). The lowest BCUT2D eigenvalue weighted by molar-refractivity contribution is -0.124. The van der Waals surface area contributed by atoms with Crippen LogP contribution in [0.25, 0.3) is 0 Å². The second-order valence-electron chi connectivity index (χ2n) is 5.88. The van der Waals surface area contributed by atoms with E-state index in [-0.39, 0.29) is 12.0 Å². The van der Waals surface area contributed by atoms with E-state index in [2.05, 4.69) is 10.2 Å². The van der Waals surface area contributed by atoms with Crippen molar-refractivity contribution < 1.29 is 9.90 Å². The number of nitrogens with one attached hydrogen (secondary N) is 1. The number of likely N-dealkylation sites (tertiary alicyclic amines) is 1. The molecule has 0 aromatic heterocycles. The largest absolute Gasteiger partial charge is 0.392 e. The molecule has 104 valence electrons. The summed E-state index contributed by atoms with van der Waals surface area (Å²) in [6, 6.07) is 9.49. The number of anilines is 1. The van der Waals surface area contributed by atoms with Gasteiger partial charge in [-0.05, 0) is 32.4 Å². The van der Waals surface area contributed by atoms with Gasteiger partial charge in [0.05, 0.1) is 11.5 Å². The second-order valence-corrected chi connectivity index (χ2v) is 5.88. The minimum absolute atomic E-state index is 0.0140. The van der Waals surface area contributed by atoms with E-state index >= 15 is 0 Å². The Labute approximate surface area is 114 Å². The maximum Gasteiger partial charge on any atom is 0.231 e. The highest BCUT2D eigenvalue weighted by molar-refractivity contribution is 5.94. The maximum atomic E-state index is 12.3. The lowest BCUT2D eigenvalue weighted by Gasteiger charge is -2.28. The van der Waals surface area contributed by atoms with Crippen LogP contribution in [0.4, 0.5) is 5.69 Å². The quantitative estimate of drug-likeness (QED) is 0.868. The summed E-state index contributed by atoms with van der Waals surface area (Å²) in [5.41, 5.74) is 0.349. The van der Waals surface area contributed by atoms with Crippen molar-refractivity contribution in [3.05, 3.63) is 30.3 Å². The predicted molar refractivity (Wildman–Crippen MR) is 75.9 cm³/mol. The van der Waals surface area contributed by atoms with Crippen LogP contribution in [-0.2, 0) is 4.79 Å². The summed E-state index contributed by atoms with van der Waals surface area (Å²) in [7, 11) is 0. The fourth-order valence-electron chi connectivity index (χ4n) is 2.41. The third-order valence-corrected chi connectivity index (χ3v) is 3.51. The normalized spacial score (nSPS) is 20.5. The van der Waals surface area contributed by atoms with Crippen LogP contribution >= 0.6 is 0 Å². The third kappa shape index (κ3) is 3.78. The van der Waals surface area contributed by atoms with Gasteiger partial charge >= 0.3 is 0 Å². The van der Waals surface area contributed by atoms with Crippen molar-refractivity contribution in [3.63, 3.8) is 0 Å². The molecule has 1 saturated heterocycles. The number of aliphatic hydroxyl groups is 1. The van der Waals surface area contributed by atoms with Crippen LogP contribution in [0.2, 0.25) is 0 Å². The molecule has 1 atom stereocenters. The van der Waals surface area contributed by atoms with E-state index in [0.29, 0.717) is 13.1 Å². The number of hydrogen-bond acceptors (Lipinski definition) is 3. The van der Waals surface area contributed by atoms with Gasteiger partial charge in [0.15, 0.2) is 0 Å². The first-order valence-corrected chi connectivity index (χ1v) is 6.74. The number of amides is 1. The van der Waals surface area contributed by atoms with Gasteiger partial charge in [-0.15, -0.1) is 0 Å². The molecule has 1 heterocycles. The topological polar surface area (TPSA) is 52.6 Å². The van der Waals surface area contributed by atoms with Crippen LogP contribution in [0.5, 0.6) is 0 Å². The number of aliphatic hydroxyl groups excluding tert-OH is 1. The van der Waals surface area contributed by atoms with Crippen molar-refractivity contribution in [2.75, 3.05) is 25.0 Å². The molecule has 1 aromatic rings. The molecule has 0 radical (unpaired) electrons. The zero-order valence-corrected chi connectivity index (χ0v) is 11.6. The molecule has 0 spiro atoms. The van der Waals surface area contributed by atoms with Crippen LogP contribution in [0, 0.1) is 5.41 Å². The number of benzene rings is 1. The molecule has 0 bridgehead atoms. The number of β-amino-alcohol motifs (C(OH)–C–C–N with tert-alkyl or cyclic N) is 1. The second kappa shape index (κ2) is 5.72. The Morgan fingerprint density at radius 3 is 2.68 bits per heavy atom. The predicted octanol–water partition coefficient (Wildman–Crippen LogP) is 1.72. The Hall–Kier alpha value is -1.39. The zero-order valence-electron chi connectivity index (χ0n) is 11.6. The Morgan fingerprint density at radius 1 is 1.42 bits per heavy atom. The number of carbonyl (C=O) groups is 1. The number of para-hydroxylation sites is 1. The molecule has 0 aliphatic carbocycles. The number of nitrogens with zero attached hydrogens (tertiary/aromatic N) is 1. The summed E-state index contributed by atoms with van der Waals surface area (Å²) in [6.07, 6.45) is 0.559. The van der Waals surface area contributed by atoms with Gasteiger partial charge in [-0.2, -0.15) is 0 Å². The molecule has 1 amide bonds. The molecule has 2 N–H and O–H groups in total. The highest BCUT2D eigenvalue weighted by atomic mass is 16.3. The smallest absolute Gasteiger partial charge is 0.231 e. The summed E-state index contributed by atoms with van der Waals surface area (Å²) < 4.78 is 0. The summed E-state index contributed by atoms with van der Waals surface area (Å²) in [4.78, 5) is 14.5. The number of carbonyl (C=O) groups excluding carboxylic acids is 1. The van der Waals surface area contributed by atoms with Gasteiger partial charge < -0.3 is 10.4 Å². The summed E-state index contributed by atoms with van der Waals surface area (Å²) in [6.45, 7) is 6.08. The average Bonchev–Trinajstić information content (AvgIpc) is 2.75. The average molecular weight is 262 g/mol. The Balaban J connectivity index is 1.93. The molecule has 19 heavy (non-hydrogen) atoms. The van der Waals surface area contributed by atoms with Crippen molar-refractivity contribution in [3.8, 4) is 0 Å². The SMILES string of the molecule is CC(C)(CN1CC[C@@H](O)C1)C(=O)Nc1ccccc1. The van der Waals surface area contributed by atoms with Gasteiger partial charge in [-0.3, -0.25) is 9.69 Å². The van der Waals surface area contributed by atoms with E-state index in [0.717, 1.165) is 18.7 Å². The molecular formula is C15H22N2O2. The first kappa shape index (κ1) is 14.0. The lowest BCUT2D eigenvalue weighted by atomic mass is 9.91. The minimum atomic E-state index is -0.472. The van der Waals surface area contributed by atoms with E-state index in [9.17, 15) is 9.90 Å². The first-order valence-electron chi connectivity index (χ1n) is 6.74. The summed E-state index contributed by atoms with van der Waals surface area (Å²) in [5.74, 6) is 0.0140. The molecule has 1 fully saturated rings. The number of rotatable bonds is 4. The lowest BCUT2D eigenvalue weighted by Crippen LogP contribution is -2.41. The van der Waals surface area contributed by atoms with Crippen molar-refractivity contribution >= 4 is 11.6 Å². The molecule has 0 unspecified atom stereocenters. The molecular weight excluding hydrogens is 240 g/mol. The van der Waals surface area contributed by atoms with Gasteiger partial charge in [-0.1, -0.05) is 18.2 Å². The fourth-order valence-corrected chi connectivity index (χ4v) is 2.41. The zero-order chi connectivity index (χ0) is 13.9. The van der Waals surface area contributed by atoms with Crippen molar-refractivity contribution in [1.82, 2.24) is 4.90 Å². The highest BCUT2D eigenvalue weighted by Gasteiger charge is 2.32. The van der Waals surface area contributed by atoms with Gasteiger partial charge in [0.25, 0.3) is 0 Å². The van der Waals surface area contributed by atoms with Crippen molar-refractivity contribution in [2.45, 2.75) is 26.4 Å². The van der Waals surface area contributed by atoms with Crippen LogP contribution in [-0.4, -0.2) is 41.7 Å².